The van der Waals surface area contributed by atoms with Crippen LogP contribution < -0.4 is 5.32 Å². The van der Waals surface area contributed by atoms with Gasteiger partial charge in [0.2, 0.25) is 5.82 Å². The number of hydrogen-bond donors (Lipinski definition) is 1. The first-order chi connectivity index (χ1) is 9.45. The molecule has 0 saturated carbocycles. The third-order valence-corrected chi connectivity index (χ3v) is 3.05. The van der Waals surface area contributed by atoms with Crippen LogP contribution in [-0.4, -0.2) is 21.9 Å². The van der Waals surface area contributed by atoms with E-state index in [1.54, 1.807) is 7.05 Å². The molecule has 0 aliphatic carbocycles. The number of benzene rings is 1. The van der Waals surface area contributed by atoms with Gasteiger partial charge in [0.1, 0.15) is 11.6 Å². The van der Waals surface area contributed by atoms with E-state index >= 15 is 0 Å². The lowest BCUT2D eigenvalue weighted by molar-refractivity contribution is -0.387. The molecule has 0 fully saturated rings. The fraction of sp³-hybridized carbons (Fsp3) is 0.0909. The molecule has 0 atom stereocenters. The van der Waals surface area contributed by atoms with Crippen molar-refractivity contribution in [3.05, 3.63) is 44.6 Å². The van der Waals surface area contributed by atoms with Crippen LogP contribution in [0.1, 0.15) is 0 Å². The van der Waals surface area contributed by atoms with Gasteiger partial charge in [-0.1, -0.05) is 0 Å². The predicted octanol–water partition coefficient (Wildman–Crippen LogP) is 3.13. The molecule has 2 aromatic rings. The summed E-state index contributed by atoms with van der Waals surface area (Å²) >= 11 is 3.15. The second-order valence-electron chi connectivity index (χ2n) is 3.65. The van der Waals surface area contributed by atoms with Gasteiger partial charge < -0.3 is 5.32 Å². The van der Waals surface area contributed by atoms with Crippen LogP contribution in [0.25, 0.3) is 11.4 Å². The average Bonchev–Trinajstić information content (AvgIpc) is 2.40. The molecule has 1 aromatic carbocycles. The van der Waals surface area contributed by atoms with Crippen LogP contribution in [0.3, 0.4) is 0 Å². The van der Waals surface area contributed by atoms with Crippen molar-refractivity contribution in [1.82, 2.24) is 9.97 Å². The van der Waals surface area contributed by atoms with E-state index in [-0.39, 0.29) is 5.82 Å². The van der Waals surface area contributed by atoms with E-state index in [0.717, 1.165) is 12.1 Å². The number of nitrogens with one attached hydrogen (secondary N) is 1. The van der Waals surface area contributed by atoms with Crippen molar-refractivity contribution < 1.29 is 13.7 Å². The van der Waals surface area contributed by atoms with Crippen LogP contribution in [0.5, 0.6) is 0 Å². The summed E-state index contributed by atoms with van der Waals surface area (Å²) in [5, 5.41) is 13.4. The highest BCUT2D eigenvalue weighted by Gasteiger charge is 2.24. The Labute approximate surface area is 120 Å². The van der Waals surface area contributed by atoms with Crippen molar-refractivity contribution in [3.63, 3.8) is 0 Å². The molecular formula is C11H7BrF2N4O2. The lowest BCUT2D eigenvalue weighted by atomic mass is 10.1. The van der Waals surface area contributed by atoms with Crippen LogP contribution >= 0.6 is 15.9 Å². The monoisotopic (exact) mass is 344 g/mol. The highest BCUT2D eigenvalue weighted by atomic mass is 79.9. The summed E-state index contributed by atoms with van der Waals surface area (Å²) in [6.45, 7) is 0. The number of rotatable bonds is 3. The summed E-state index contributed by atoms with van der Waals surface area (Å²) in [5.74, 6) is -2.26. The normalized spacial score (nSPS) is 10.4. The third-order valence-electron chi connectivity index (χ3n) is 2.47. The molecular weight excluding hydrogens is 338 g/mol. The number of hydrogen-bond acceptors (Lipinski definition) is 5. The fourth-order valence-electron chi connectivity index (χ4n) is 1.55. The highest BCUT2D eigenvalue weighted by Crippen LogP contribution is 2.31. The zero-order valence-electron chi connectivity index (χ0n) is 10.0. The van der Waals surface area contributed by atoms with Gasteiger partial charge in [0.05, 0.1) is 15.0 Å². The van der Waals surface area contributed by atoms with E-state index in [2.05, 4.69) is 31.2 Å². The maximum Gasteiger partial charge on any atom is 0.305 e. The molecule has 1 aromatic heterocycles. The highest BCUT2D eigenvalue weighted by molar-refractivity contribution is 9.10. The minimum absolute atomic E-state index is 0.281. The Kier molecular flexibility index (Phi) is 3.89. The Bertz CT molecular complexity index is 696. The second-order valence-corrected chi connectivity index (χ2v) is 4.51. The van der Waals surface area contributed by atoms with Crippen LogP contribution in [0, 0.1) is 21.7 Å². The number of aromatic nitrogens is 2. The van der Waals surface area contributed by atoms with E-state index in [1.807, 2.05) is 0 Å². The van der Waals surface area contributed by atoms with Crippen molar-refractivity contribution in [1.29, 1.82) is 0 Å². The zero-order chi connectivity index (χ0) is 14.9. The molecule has 0 spiro atoms. The van der Waals surface area contributed by atoms with E-state index in [4.69, 9.17) is 0 Å². The van der Waals surface area contributed by atoms with Crippen LogP contribution in [0.2, 0.25) is 0 Å². The molecule has 0 amide bonds. The largest absolute Gasteiger partial charge is 0.372 e. The van der Waals surface area contributed by atoms with Gasteiger partial charge in [0.25, 0.3) is 0 Å². The maximum atomic E-state index is 14.0. The van der Waals surface area contributed by atoms with E-state index in [0.29, 0.717) is 10.3 Å². The second kappa shape index (κ2) is 5.45. The molecule has 0 aliphatic rings. The molecule has 0 unspecified atom stereocenters. The van der Waals surface area contributed by atoms with Crippen molar-refractivity contribution >= 4 is 27.4 Å². The Morgan fingerprint density at radius 2 is 2.10 bits per heavy atom. The van der Waals surface area contributed by atoms with Gasteiger partial charge in [-0.25, -0.2) is 14.4 Å². The Morgan fingerprint density at radius 1 is 1.40 bits per heavy atom. The molecule has 20 heavy (non-hydrogen) atoms. The van der Waals surface area contributed by atoms with Gasteiger partial charge in [-0.15, -0.1) is 0 Å². The molecule has 1 heterocycles. The standard InChI is InChI=1S/C11H7BrF2N4O2/c1-15-10-5(12)4-16-11(17-10)8-6(13)2-3-7(9(8)14)18(19)20/h2-4H,1H3,(H,15,16,17). The summed E-state index contributed by atoms with van der Waals surface area (Å²) in [6, 6.07) is 1.56. The van der Waals surface area contributed by atoms with Gasteiger partial charge in [-0.05, 0) is 22.0 Å². The van der Waals surface area contributed by atoms with Crippen LogP contribution in [-0.2, 0) is 0 Å². The summed E-state index contributed by atoms with van der Waals surface area (Å²) in [6.07, 6.45) is 1.30. The number of anilines is 1. The molecule has 9 heteroatoms. The number of nitro groups is 1. The molecule has 1 N–H and O–H groups in total. The number of nitro benzene ring substituents is 1. The SMILES string of the molecule is CNc1nc(-c2c(F)ccc([N+](=O)[O-])c2F)ncc1Br. The fourth-order valence-corrected chi connectivity index (χ4v) is 1.94. The minimum Gasteiger partial charge on any atom is -0.372 e. The van der Waals surface area contributed by atoms with Gasteiger partial charge in [0.15, 0.2) is 5.82 Å². The molecule has 2 rings (SSSR count). The lowest BCUT2D eigenvalue weighted by Gasteiger charge is -2.07. The van der Waals surface area contributed by atoms with Crippen molar-refractivity contribution in [2.45, 2.75) is 0 Å². The van der Waals surface area contributed by atoms with E-state index in [9.17, 15) is 18.9 Å². The van der Waals surface area contributed by atoms with Gasteiger partial charge in [0, 0.05) is 19.3 Å². The Balaban J connectivity index is 2.69. The zero-order valence-corrected chi connectivity index (χ0v) is 11.6. The Hall–Kier alpha value is -2.16. The maximum absolute atomic E-state index is 14.0. The smallest absolute Gasteiger partial charge is 0.305 e. The van der Waals surface area contributed by atoms with Crippen molar-refractivity contribution in [2.24, 2.45) is 0 Å². The van der Waals surface area contributed by atoms with Crippen LogP contribution in [0.4, 0.5) is 20.3 Å². The topological polar surface area (TPSA) is 81.0 Å². The summed E-state index contributed by atoms with van der Waals surface area (Å²) in [7, 11) is 1.57. The summed E-state index contributed by atoms with van der Waals surface area (Å²) in [5.41, 5.74) is -1.47. The molecule has 6 nitrogen and oxygen atoms in total. The first kappa shape index (κ1) is 14.3. The van der Waals surface area contributed by atoms with Gasteiger partial charge in [-0.3, -0.25) is 10.1 Å². The van der Waals surface area contributed by atoms with Crippen LogP contribution in [0.15, 0.2) is 22.8 Å². The first-order valence-electron chi connectivity index (χ1n) is 5.28. The first-order valence-corrected chi connectivity index (χ1v) is 6.08. The number of halogens is 3. The van der Waals surface area contributed by atoms with E-state index in [1.165, 1.54) is 6.20 Å². The molecule has 0 saturated heterocycles. The number of nitrogens with zero attached hydrogens (tertiary/aromatic N) is 3. The van der Waals surface area contributed by atoms with E-state index < -0.39 is 27.8 Å². The summed E-state index contributed by atoms with van der Waals surface area (Å²) in [4.78, 5) is 17.4. The quantitative estimate of drug-likeness (QED) is 0.683. The summed E-state index contributed by atoms with van der Waals surface area (Å²) < 4.78 is 28.2. The van der Waals surface area contributed by atoms with Crippen molar-refractivity contribution in [2.75, 3.05) is 12.4 Å². The molecule has 104 valence electrons. The average molecular weight is 345 g/mol. The third kappa shape index (κ3) is 2.44. The van der Waals surface area contributed by atoms with Crippen molar-refractivity contribution in [3.8, 4) is 11.4 Å². The minimum atomic E-state index is -1.31. The molecule has 0 radical (unpaired) electrons. The predicted molar refractivity (Wildman–Crippen MR) is 71.3 cm³/mol. The molecule has 0 aliphatic heterocycles. The lowest BCUT2D eigenvalue weighted by Crippen LogP contribution is -2.02. The molecule has 0 bridgehead atoms. The van der Waals surface area contributed by atoms with Gasteiger partial charge in [-0.2, -0.15) is 4.39 Å². The Morgan fingerprint density at radius 3 is 2.70 bits per heavy atom. The van der Waals surface area contributed by atoms with Gasteiger partial charge >= 0.3 is 5.69 Å².